The van der Waals surface area contributed by atoms with Gasteiger partial charge in [-0.15, -0.1) is 0 Å². The number of carboxylic acid groups (broad SMARTS) is 1. The summed E-state index contributed by atoms with van der Waals surface area (Å²) in [6.07, 6.45) is 1.08. The molecule has 0 spiro atoms. The lowest BCUT2D eigenvalue weighted by atomic mass is 9.85. The predicted molar refractivity (Wildman–Crippen MR) is 58.0 cm³/mol. The molecule has 0 aromatic rings. The third-order valence-electron chi connectivity index (χ3n) is 3.02. The summed E-state index contributed by atoms with van der Waals surface area (Å²) < 4.78 is 0. The van der Waals surface area contributed by atoms with Crippen LogP contribution in [0.4, 0.5) is 0 Å². The highest BCUT2D eigenvalue weighted by molar-refractivity contribution is 5.67. The minimum atomic E-state index is -0.804. The molecule has 0 fully saturated rings. The van der Waals surface area contributed by atoms with Crippen LogP contribution in [-0.2, 0) is 4.79 Å². The van der Waals surface area contributed by atoms with E-state index in [4.69, 9.17) is 10.8 Å². The molecule has 0 aromatic carbocycles. The largest absolute Gasteiger partial charge is 0.481 e. The second-order valence-corrected chi connectivity index (χ2v) is 4.70. The van der Waals surface area contributed by atoms with Crippen LogP contribution >= 0.6 is 0 Å². The number of aliphatic carboxylic acids is 1. The first-order chi connectivity index (χ1) is 6.34. The number of hydrogen-bond donors (Lipinski definition) is 2. The van der Waals surface area contributed by atoms with Crippen LogP contribution in [0.1, 0.15) is 40.5 Å². The molecule has 14 heavy (non-hydrogen) atoms. The van der Waals surface area contributed by atoms with Crippen molar-refractivity contribution >= 4 is 5.97 Å². The minimum Gasteiger partial charge on any atom is -0.481 e. The number of hydrogen-bond acceptors (Lipinski definition) is 2. The molecule has 0 amide bonds. The van der Waals surface area contributed by atoms with Crippen molar-refractivity contribution in [1.29, 1.82) is 0 Å². The van der Waals surface area contributed by atoms with Gasteiger partial charge in [0.15, 0.2) is 0 Å². The first-order valence-electron chi connectivity index (χ1n) is 5.32. The summed E-state index contributed by atoms with van der Waals surface area (Å²) in [5, 5.41) is 8.60. The Morgan fingerprint density at radius 3 is 2.07 bits per heavy atom. The smallest absolute Gasteiger partial charge is 0.304 e. The average molecular weight is 201 g/mol. The normalized spacial score (nSPS) is 17.9. The molecule has 3 heteroatoms. The molecular weight excluding hydrogens is 178 g/mol. The van der Waals surface area contributed by atoms with Gasteiger partial charge >= 0.3 is 5.97 Å². The van der Waals surface area contributed by atoms with Crippen molar-refractivity contribution in [2.45, 2.75) is 46.6 Å². The van der Waals surface area contributed by atoms with E-state index in [1.165, 1.54) is 0 Å². The molecule has 0 radical (unpaired) electrons. The Morgan fingerprint density at radius 2 is 1.71 bits per heavy atom. The molecule has 3 nitrogen and oxygen atoms in total. The SMILES string of the molecule is CC(C)C(C)CC(C)C(N)CC(=O)O. The van der Waals surface area contributed by atoms with Crippen LogP contribution in [0.3, 0.4) is 0 Å². The maximum Gasteiger partial charge on any atom is 0.304 e. The standard InChI is InChI=1S/C11H23NO2/c1-7(2)8(3)5-9(4)10(12)6-11(13)14/h7-10H,5-6,12H2,1-4H3,(H,13,14). The molecule has 0 rings (SSSR count). The van der Waals surface area contributed by atoms with Gasteiger partial charge in [-0.2, -0.15) is 0 Å². The third kappa shape index (κ3) is 5.22. The molecule has 0 bridgehead atoms. The van der Waals surface area contributed by atoms with Gasteiger partial charge in [0, 0.05) is 6.04 Å². The molecule has 0 aliphatic heterocycles. The molecule has 3 N–H and O–H groups in total. The molecule has 84 valence electrons. The maximum atomic E-state index is 10.5. The minimum absolute atomic E-state index is 0.0754. The van der Waals surface area contributed by atoms with Crippen molar-refractivity contribution < 1.29 is 9.90 Å². The van der Waals surface area contributed by atoms with Gasteiger partial charge in [0.25, 0.3) is 0 Å². The zero-order valence-electron chi connectivity index (χ0n) is 9.66. The van der Waals surface area contributed by atoms with E-state index in [0.29, 0.717) is 11.8 Å². The highest BCUT2D eigenvalue weighted by atomic mass is 16.4. The van der Waals surface area contributed by atoms with E-state index in [-0.39, 0.29) is 18.4 Å². The summed E-state index contributed by atoms with van der Waals surface area (Å²) in [5.41, 5.74) is 5.79. The maximum absolute atomic E-state index is 10.5. The van der Waals surface area contributed by atoms with Crippen LogP contribution in [0.2, 0.25) is 0 Å². The van der Waals surface area contributed by atoms with Gasteiger partial charge in [-0.3, -0.25) is 4.79 Å². The topological polar surface area (TPSA) is 63.3 Å². The van der Waals surface area contributed by atoms with Crippen molar-refractivity contribution in [1.82, 2.24) is 0 Å². The van der Waals surface area contributed by atoms with Crippen LogP contribution in [0.15, 0.2) is 0 Å². The Morgan fingerprint density at radius 1 is 1.21 bits per heavy atom. The Labute approximate surface area is 86.7 Å². The molecule has 0 aliphatic rings. The summed E-state index contributed by atoms with van der Waals surface area (Å²) in [5.74, 6) is 0.712. The van der Waals surface area contributed by atoms with E-state index in [1.807, 2.05) is 6.92 Å². The third-order valence-corrected chi connectivity index (χ3v) is 3.02. The van der Waals surface area contributed by atoms with Gasteiger partial charge in [-0.1, -0.05) is 27.7 Å². The monoisotopic (exact) mass is 201 g/mol. The molecule has 3 unspecified atom stereocenters. The molecule has 3 atom stereocenters. The molecule has 0 aromatic heterocycles. The molecule has 0 heterocycles. The predicted octanol–water partition coefficient (Wildman–Crippen LogP) is 2.11. The fourth-order valence-corrected chi connectivity index (χ4v) is 1.44. The highest BCUT2D eigenvalue weighted by Crippen LogP contribution is 2.21. The lowest BCUT2D eigenvalue weighted by molar-refractivity contribution is -0.137. The van der Waals surface area contributed by atoms with Gasteiger partial charge < -0.3 is 10.8 Å². The summed E-state index contributed by atoms with van der Waals surface area (Å²) in [4.78, 5) is 10.5. The van der Waals surface area contributed by atoms with E-state index in [2.05, 4.69) is 20.8 Å². The van der Waals surface area contributed by atoms with Gasteiger partial charge in [0.1, 0.15) is 0 Å². The Hall–Kier alpha value is -0.570. The molecule has 0 saturated carbocycles. The van der Waals surface area contributed by atoms with Crippen molar-refractivity contribution in [2.75, 3.05) is 0 Å². The van der Waals surface area contributed by atoms with Gasteiger partial charge in [0.2, 0.25) is 0 Å². The van der Waals surface area contributed by atoms with Crippen LogP contribution in [-0.4, -0.2) is 17.1 Å². The Kier molecular flexibility index (Phi) is 5.77. The van der Waals surface area contributed by atoms with E-state index in [0.717, 1.165) is 6.42 Å². The van der Waals surface area contributed by atoms with Crippen LogP contribution in [0, 0.1) is 17.8 Å². The lowest BCUT2D eigenvalue weighted by Gasteiger charge is -2.24. The van der Waals surface area contributed by atoms with E-state index < -0.39 is 5.97 Å². The van der Waals surface area contributed by atoms with Crippen LogP contribution in [0.25, 0.3) is 0 Å². The second-order valence-electron chi connectivity index (χ2n) is 4.70. The Balaban J connectivity index is 3.94. The summed E-state index contributed by atoms with van der Waals surface area (Å²) in [6.45, 7) is 8.58. The van der Waals surface area contributed by atoms with E-state index in [1.54, 1.807) is 0 Å². The van der Waals surface area contributed by atoms with Crippen molar-refractivity contribution in [2.24, 2.45) is 23.5 Å². The van der Waals surface area contributed by atoms with Gasteiger partial charge in [0.05, 0.1) is 6.42 Å². The van der Waals surface area contributed by atoms with E-state index in [9.17, 15) is 4.79 Å². The summed E-state index contributed by atoms with van der Waals surface area (Å²) in [7, 11) is 0. The number of carboxylic acids is 1. The van der Waals surface area contributed by atoms with Crippen LogP contribution in [0.5, 0.6) is 0 Å². The van der Waals surface area contributed by atoms with E-state index >= 15 is 0 Å². The Bertz CT molecular complexity index is 180. The fraction of sp³-hybridized carbons (Fsp3) is 0.909. The first-order valence-corrected chi connectivity index (χ1v) is 5.32. The quantitative estimate of drug-likeness (QED) is 0.691. The van der Waals surface area contributed by atoms with Gasteiger partial charge in [-0.05, 0) is 24.2 Å². The lowest BCUT2D eigenvalue weighted by Crippen LogP contribution is -2.32. The fourth-order valence-electron chi connectivity index (χ4n) is 1.44. The molecular formula is C11H23NO2. The average Bonchev–Trinajstić information content (AvgIpc) is 2.02. The van der Waals surface area contributed by atoms with Crippen molar-refractivity contribution in [3.05, 3.63) is 0 Å². The molecule has 0 aliphatic carbocycles. The highest BCUT2D eigenvalue weighted by Gasteiger charge is 2.19. The summed E-state index contributed by atoms with van der Waals surface area (Å²) >= 11 is 0. The zero-order chi connectivity index (χ0) is 11.3. The zero-order valence-corrected chi connectivity index (χ0v) is 9.66. The molecule has 0 saturated heterocycles. The first kappa shape index (κ1) is 13.4. The number of nitrogens with two attached hydrogens (primary N) is 1. The van der Waals surface area contributed by atoms with Crippen molar-refractivity contribution in [3.63, 3.8) is 0 Å². The summed E-state index contributed by atoms with van der Waals surface area (Å²) in [6, 6.07) is -0.214. The second kappa shape index (κ2) is 6.02. The van der Waals surface area contributed by atoms with Crippen LogP contribution < -0.4 is 5.73 Å². The number of rotatable bonds is 6. The van der Waals surface area contributed by atoms with Gasteiger partial charge in [-0.25, -0.2) is 0 Å². The number of carbonyl (C=O) groups is 1. The van der Waals surface area contributed by atoms with Crippen molar-refractivity contribution in [3.8, 4) is 0 Å².